The zero-order valence-corrected chi connectivity index (χ0v) is 16.8. The van der Waals surface area contributed by atoms with Crippen LogP contribution < -0.4 is 5.32 Å². The molecule has 1 heterocycles. The van der Waals surface area contributed by atoms with Crippen LogP contribution in [-0.4, -0.2) is 36.4 Å². The molecule has 0 radical (unpaired) electrons. The van der Waals surface area contributed by atoms with Crippen LogP contribution in [-0.2, 0) is 9.53 Å². The van der Waals surface area contributed by atoms with Gasteiger partial charge in [0.05, 0.1) is 12.2 Å². The number of hydrogen-bond donors (Lipinski definition) is 2. The average Bonchev–Trinajstić information content (AvgIpc) is 3.43. The fourth-order valence-electron chi connectivity index (χ4n) is 2.68. The quantitative estimate of drug-likeness (QED) is 0.235. The molecule has 1 amide bonds. The van der Waals surface area contributed by atoms with Gasteiger partial charge in [0, 0.05) is 19.6 Å². The second-order valence-corrected chi connectivity index (χ2v) is 6.77. The Hall–Kier alpha value is -1.65. The number of amides is 1. The molecule has 0 saturated carbocycles. The summed E-state index contributed by atoms with van der Waals surface area (Å²) in [5.74, 6) is 0.0735. The fraction of sp³-hybridized carbons (Fsp3) is 0.609. The summed E-state index contributed by atoms with van der Waals surface area (Å²) < 4.78 is 5.50. The Morgan fingerprint density at radius 2 is 1.56 bits per heavy atom. The number of unbranched alkanes of at least 4 members (excludes halogenated alkanes) is 1. The van der Waals surface area contributed by atoms with E-state index in [0.29, 0.717) is 31.6 Å². The molecule has 0 aromatic heterocycles. The van der Waals surface area contributed by atoms with Gasteiger partial charge in [-0.05, 0) is 51.4 Å². The van der Waals surface area contributed by atoms with E-state index in [-0.39, 0.29) is 12.5 Å². The Labute approximate surface area is 165 Å². The van der Waals surface area contributed by atoms with Crippen LogP contribution >= 0.6 is 0 Å². The lowest BCUT2D eigenvalue weighted by atomic mass is 10.2. The summed E-state index contributed by atoms with van der Waals surface area (Å²) in [6.07, 6.45) is 26.5. The predicted octanol–water partition coefficient (Wildman–Crippen LogP) is 4.62. The van der Waals surface area contributed by atoms with E-state index in [9.17, 15) is 4.79 Å². The number of rotatable bonds is 16. The Morgan fingerprint density at radius 3 is 2.15 bits per heavy atom. The number of epoxide rings is 1. The maximum absolute atomic E-state index is 11.5. The van der Waals surface area contributed by atoms with Gasteiger partial charge in [-0.15, -0.1) is 0 Å². The first-order valence-electron chi connectivity index (χ1n) is 10.4. The van der Waals surface area contributed by atoms with Crippen molar-refractivity contribution in [1.29, 1.82) is 0 Å². The molecule has 1 aliphatic heterocycles. The summed E-state index contributed by atoms with van der Waals surface area (Å²) in [7, 11) is 0. The number of allylic oxidation sites excluding steroid dienone is 7. The van der Waals surface area contributed by atoms with Gasteiger partial charge in [0.1, 0.15) is 0 Å². The maximum Gasteiger partial charge on any atom is 0.220 e. The third-order valence-electron chi connectivity index (χ3n) is 4.37. The number of ether oxygens (including phenoxy) is 1. The van der Waals surface area contributed by atoms with Crippen LogP contribution in [0, 0.1) is 0 Å². The van der Waals surface area contributed by atoms with Crippen LogP contribution in [0.25, 0.3) is 0 Å². The van der Waals surface area contributed by atoms with Crippen molar-refractivity contribution in [3.05, 3.63) is 48.6 Å². The average molecular weight is 376 g/mol. The molecule has 1 saturated heterocycles. The van der Waals surface area contributed by atoms with E-state index in [0.717, 1.165) is 44.9 Å². The number of hydrogen-bond acceptors (Lipinski definition) is 3. The summed E-state index contributed by atoms with van der Waals surface area (Å²) in [5.41, 5.74) is 0. The van der Waals surface area contributed by atoms with Gasteiger partial charge in [-0.2, -0.15) is 0 Å². The molecular formula is C23H37NO3. The zero-order valence-electron chi connectivity index (χ0n) is 16.8. The molecule has 152 valence electrons. The van der Waals surface area contributed by atoms with Gasteiger partial charge in [-0.25, -0.2) is 0 Å². The molecule has 0 aliphatic carbocycles. The molecule has 0 bridgehead atoms. The lowest BCUT2D eigenvalue weighted by Gasteiger charge is -2.02. The molecule has 0 aromatic rings. The first-order valence-corrected chi connectivity index (χ1v) is 10.4. The van der Waals surface area contributed by atoms with Crippen molar-refractivity contribution < 1.29 is 14.6 Å². The van der Waals surface area contributed by atoms with Gasteiger partial charge in [-0.1, -0.05) is 55.5 Å². The number of nitrogens with one attached hydrogen (secondary N) is 1. The number of aliphatic hydroxyl groups is 1. The maximum atomic E-state index is 11.5. The third kappa shape index (κ3) is 14.1. The van der Waals surface area contributed by atoms with Crippen LogP contribution in [0.2, 0.25) is 0 Å². The van der Waals surface area contributed by atoms with Gasteiger partial charge in [0.2, 0.25) is 5.91 Å². The highest BCUT2D eigenvalue weighted by Crippen LogP contribution is 2.28. The highest BCUT2D eigenvalue weighted by atomic mass is 16.6. The molecule has 4 nitrogen and oxygen atoms in total. The Morgan fingerprint density at radius 1 is 0.926 bits per heavy atom. The zero-order chi connectivity index (χ0) is 19.6. The Balaban J connectivity index is 1.88. The number of carbonyl (C=O) groups excluding carboxylic acids is 1. The molecule has 2 atom stereocenters. The van der Waals surface area contributed by atoms with Crippen LogP contribution in [0.15, 0.2) is 48.6 Å². The smallest absolute Gasteiger partial charge is 0.220 e. The van der Waals surface area contributed by atoms with Crippen molar-refractivity contribution >= 4 is 5.91 Å². The van der Waals surface area contributed by atoms with E-state index in [4.69, 9.17) is 9.84 Å². The van der Waals surface area contributed by atoms with E-state index in [1.165, 1.54) is 0 Å². The Kier molecular flexibility index (Phi) is 14.3. The van der Waals surface area contributed by atoms with Crippen LogP contribution in [0.3, 0.4) is 0 Å². The fourth-order valence-corrected chi connectivity index (χ4v) is 2.68. The lowest BCUT2D eigenvalue weighted by Crippen LogP contribution is -2.24. The molecule has 27 heavy (non-hydrogen) atoms. The van der Waals surface area contributed by atoms with Crippen molar-refractivity contribution in [2.75, 3.05) is 13.2 Å². The second-order valence-electron chi connectivity index (χ2n) is 6.77. The van der Waals surface area contributed by atoms with Crippen molar-refractivity contribution in [1.82, 2.24) is 5.32 Å². The summed E-state index contributed by atoms with van der Waals surface area (Å²) in [4.78, 5) is 11.5. The molecule has 2 N–H and O–H groups in total. The minimum atomic E-state index is 0.0735. The van der Waals surface area contributed by atoms with Gasteiger partial charge in [-0.3, -0.25) is 4.79 Å². The van der Waals surface area contributed by atoms with Gasteiger partial charge < -0.3 is 15.2 Å². The highest BCUT2D eigenvalue weighted by molar-refractivity contribution is 5.75. The molecule has 0 spiro atoms. The van der Waals surface area contributed by atoms with E-state index in [1.807, 2.05) is 0 Å². The van der Waals surface area contributed by atoms with E-state index >= 15 is 0 Å². The van der Waals surface area contributed by atoms with E-state index < -0.39 is 0 Å². The minimum absolute atomic E-state index is 0.0735. The molecule has 4 heteroatoms. The van der Waals surface area contributed by atoms with Crippen molar-refractivity contribution in [2.24, 2.45) is 0 Å². The predicted molar refractivity (Wildman–Crippen MR) is 113 cm³/mol. The minimum Gasteiger partial charge on any atom is -0.396 e. The molecule has 2 unspecified atom stereocenters. The standard InChI is InChI=1S/C23H37NO3/c1-2-21-22(27-21)17-14-12-10-8-6-4-3-5-7-9-11-13-15-18-23(26)24-19-16-20-25/h3,5-6,8-9,11-12,14,21-22,25H,2,4,7,10,13,15-20H2,1H3,(H,24,26)/b5-3-,8-6-,11-9-,14-12-. The summed E-state index contributed by atoms with van der Waals surface area (Å²) >= 11 is 0. The van der Waals surface area contributed by atoms with Crippen molar-refractivity contribution in [3.8, 4) is 0 Å². The Bertz CT molecular complexity index is 494. The molecule has 0 aromatic carbocycles. The molecule has 1 aliphatic rings. The SMILES string of the molecule is CCC1OC1C/C=C\C/C=C\C/C=C\C/C=C\CCCC(=O)NCCCO. The topological polar surface area (TPSA) is 61.9 Å². The van der Waals surface area contributed by atoms with Crippen LogP contribution in [0.4, 0.5) is 0 Å². The summed E-state index contributed by atoms with van der Waals surface area (Å²) in [6.45, 7) is 2.86. The second kappa shape index (κ2) is 16.5. The van der Waals surface area contributed by atoms with Gasteiger partial charge >= 0.3 is 0 Å². The molecule has 1 rings (SSSR count). The number of carbonyl (C=O) groups is 1. The van der Waals surface area contributed by atoms with Crippen molar-refractivity contribution in [3.63, 3.8) is 0 Å². The largest absolute Gasteiger partial charge is 0.396 e. The summed E-state index contributed by atoms with van der Waals surface area (Å²) in [6, 6.07) is 0. The van der Waals surface area contributed by atoms with Gasteiger partial charge in [0.25, 0.3) is 0 Å². The monoisotopic (exact) mass is 375 g/mol. The molecular weight excluding hydrogens is 338 g/mol. The van der Waals surface area contributed by atoms with Gasteiger partial charge in [0.15, 0.2) is 0 Å². The first kappa shape index (κ1) is 23.4. The number of aliphatic hydroxyl groups excluding tert-OH is 1. The molecule has 1 fully saturated rings. The van der Waals surface area contributed by atoms with Crippen LogP contribution in [0.5, 0.6) is 0 Å². The highest BCUT2D eigenvalue weighted by Gasteiger charge is 2.35. The van der Waals surface area contributed by atoms with E-state index in [2.05, 4.69) is 60.8 Å². The first-order chi connectivity index (χ1) is 13.3. The summed E-state index contributed by atoms with van der Waals surface area (Å²) in [5, 5.41) is 11.4. The third-order valence-corrected chi connectivity index (χ3v) is 4.37. The van der Waals surface area contributed by atoms with Crippen molar-refractivity contribution in [2.45, 2.75) is 76.9 Å². The normalized spacial score (nSPS) is 19.8. The lowest BCUT2D eigenvalue weighted by molar-refractivity contribution is -0.121. The van der Waals surface area contributed by atoms with Crippen LogP contribution in [0.1, 0.15) is 64.7 Å². The van der Waals surface area contributed by atoms with E-state index in [1.54, 1.807) is 0 Å².